The Morgan fingerprint density at radius 2 is 2.00 bits per heavy atom. The standard InChI is InChI=1S/C10H8O5S2/c1-15-10(11)8-9(17(12,13)14)6-4-2-3-5-7(6)16-8/h2-5H,1H3,(H,12,13,14). The molecule has 0 aliphatic carbocycles. The van der Waals surface area contributed by atoms with E-state index in [1.807, 2.05) is 0 Å². The summed E-state index contributed by atoms with van der Waals surface area (Å²) in [5.41, 5.74) is 0. The molecule has 1 aromatic carbocycles. The van der Waals surface area contributed by atoms with E-state index in [2.05, 4.69) is 4.74 Å². The van der Waals surface area contributed by atoms with Gasteiger partial charge in [0.15, 0.2) is 0 Å². The van der Waals surface area contributed by atoms with Gasteiger partial charge in [0.25, 0.3) is 10.1 Å². The summed E-state index contributed by atoms with van der Waals surface area (Å²) in [6.45, 7) is 0. The molecule has 0 radical (unpaired) electrons. The van der Waals surface area contributed by atoms with Gasteiger partial charge in [-0.3, -0.25) is 4.55 Å². The minimum absolute atomic E-state index is 0.115. The lowest BCUT2D eigenvalue weighted by atomic mass is 10.2. The first kappa shape index (κ1) is 12.0. The third kappa shape index (κ3) is 2.04. The minimum atomic E-state index is -4.46. The van der Waals surface area contributed by atoms with Gasteiger partial charge in [-0.05, 0) is 6.07 Å². The fourth-order valence-electron chi connectivity index (χ4n) is 1.51. The molecule has 0 fully saturated rings. The maximum atomic E-state index is 11.5. The lowest BCUT2D eigenvalue weighted by molar-refractivity contribution is 0.0602. The lowest BCUT2D eigenvalue weighted by Gasteiger charge is -1.99. The van der Waals surface area contributed by atoms with Crippen LogP contribution in [0.1, 0.15) is 9.67 Å². The predicted molar refractivity (Wildman–Crippen MR) is 63.0 cm³/mol. The number of thiophene rings is 1. The number of ether oxygens (including phenoxy) is 1. The molecule has 2 rings (SSSR count). The van der Waals surface area contributed by atoms with E-state index >= 15 is 0 Å². The van der Waals surface area contributed by atoms with Crippen molar-refractivity contribution in [2.24, 2.45) is 0 Å². The third-order valence-corrected chi connectivity index (χ3v) is 4.40. The molecule has 0 bridgehead atoms. The Morgan fingerprint density at radius 1 is 1.35 bits per heavy atom. The molecule has 0 amide bonds. The van der Waals surface area contributed by atoms with Crippen LogP contribution in [0, 0.1) is 0 Å². The van der Waals surface area contributed by atoms with Crippen molar-refractivity contribution in [3.8, 4) is 0 Å². The maximum absolute atomic E-state index is 11.5. The van der Waals surface area contributed by atoms with Crippen LogP contribution in [0.5, 0.6) is 0 Å². The number of carbonyl (C=O) groups is 1. The fraction of sp³-hybridized carbons (Fsp3) is 0.100. The number of carbonyl (C=O) groups excluding carboxylic acids is 1. The number of hydrogen-bond donors (Lipinski definition) is 1. The molecule has 7 heteroatoms. The molecule has 5 nitrogen and oxygen atoms in total. The number of rotatable bonds is 2. The van der Waals surface area contributed by atoms with Crippen LogP contribution in [0.3, 0.4) is 0 Å². The average molecular weight is 272 g/mol. The summed E-state index contributed by atoms with van der Waals surface area (Å²) in [7, 11) is -3.31. The second-order valence-electron chi connectivity index (χ2n) is 3.22. The smallest absolute Gasteiger partial charge is 0.349 e. The summed E-state index contributed by atoms with van der Waals surface area (Å²) < 4.78 is 36.9. The molecular formula is C10H8O5S2. The Morgan fingerprint density at radius 3 is 2.59 bits per heavy atom. The fourth-order valence-corrected chi connectivity index (χ4v) is 3.80. The van der Waals surface area contributed by atoms with Crippen LogP contribution in [-0.4, -0.2) is 26.0 Å². The van der Waals surface area contributed by atoms with Crippen molar-refractivity contribution in [3.63, 3.8) is 0 Å². The summed E-state index contributed by atoms with van der Waals surface area (Å²) in [5.74, 6) is -0.779. The second kappa shape index (κ2) is 4.10. The Balaban J connectivity index is 2.89. The van der Waals surface area contributed by atoms with Gasteiger partial charge in [-0.2, -0.15) is 8.42 Å². The van der Waals surface area contributed by atoms with Crippen LogP contribution in [0.25, 0.3) is 10.1 Å². The highest BCUT2D eigenvalue weighted by Gasteiger charge is 2.27. The highest BCUT2D eigenvalue weighted by atomic mass is 32.2. The zero-order valence-electron chi connectivity index (χ0n) is 8.71. The molecule has 0 unspecified atom stereocenters. The van der Waals surface area contributed by atoms with Crippen LogP contribution >= 0.6 is 11.3 Å². The zero-order chi connectivity index (χ0) is 12.6. The zero-order valence-corrected chi connectivity index (χ0v) is 10.3. The van der Waals surface area contributed by atoms with Crippen molar-refractivity contribution in [2.75, 3.05) is 7.11 Å². The van der Waals surface area contributed by atoms with Crippen LogP contribution in [0.4, 0.5) is 0 Å². The highest BCUT2D eigenvalue weighted by molar-refractivity contribution is 7.86. The maximum Gasteiger partial charge on any atom is 0.349 e. The molecule has 0 aliphatic heterocycles. The Labute approximate surface area is 101 Å². The number of fused-ring (bicyclic) bond motifs is 1. The molecule has 1 aromatic heterocycles. The number of esters is 1. The molecule has 2 aromatic rings. The quantitative estimate of drug-likeness (QED) is 0.667. The van der Waals surface area contributed by atoms with E-state index in [9.17, 15) is 17.8 Å². The Hall–Kier alpha value is -1.44. The first-order chi connectivity index (χ1) is 7.95. The van der Waals surface area contributed by atoms with Gasteiger partial charge >= 0.3 is 5.97 Å². The molecule has 0 saturated heterocycles. The molecular weight excluding hydrogens is 264 g/mol. The summed E-state index contributed by atoms with van der Waals surface area (Å²) in [4.78, 5) is 11.0. The van der Waals surface area contributed by atoms with Crippen molar-refractivity contribution in [1.82, 2.24) is 0 Å². The van der Waals surface area contributed by atoms with Gasteiger partial charge in [0.2, 0.25) is 0 Å². The van der Waals surface area contributed by atoms with Crippen molar-refractivity contribution in [2.45, 2.75) is 4.90 Å². The SMILES string of the molecule is COC(=O)c1sc2ccccc2c1S(=O)(=O)O. The van der Waals surface area contributed by atoms with Crippen molar-refractivity contribution in [3.05, 3.63) is 29.1 Å². The monoisotopic (exact) mass is 272 g/mol. The van der Waals surface area contributed by atoms with Crippen molar-refractivity contribution < 1.29 is 22.5 Å². The minimum Gasteiger partial charge on any atom is -0.465 e. The van der Waals surface area contributed by atoms with Gasteiger partial charge < -0.3 is 4.74 Å². The van der Waals surface area contributed by atoms with Crippen LogP contribution in [-0.2, 0) is 14.9 Å². The number of benzene rings is 1. The third-order valence-electron chi connectivity index (χ3n) is 2.18. The number of hydrogen-bond acceptors (Lipinski definition) is 5. The summed E-state index contributed by atoms with van der Waals surface area (Å²) >= 11 is 0.970. The molecule has 1 heterocycles. The predicted octanol–water partition coefficient (Wildman–Crippen LogP) is 1.93. The summed E-state index contributed by atoms with van der Waals surface area (Å²) in [5, 5.41) is 0.320. The molecule has 0 atom stereocenters. The van der Waals surface area contributed by atoms with Crippen LogP contribution < -0.4 is 0 Å². The van der Waals surface area contributed by atoms with Crippen molar-refractivity contribution in [1.29, 1.82) is 0 Å². The van der Waals surface area contributed by atoms with Gasteiger partial charge in [0, 0.05) is 10.1 Å². The van der Waals surface area contributed by atoms with E-state index in [4.69, 9.17) is 0 Å². The first-order valence-corrected chi connectivity index (χ1v) is 6.78. The van der Waals surface area contributed by atoms with E-state index in [0.717, 1.165) is 18.4 Å². The first-order valence-electron chi connectivity index (χ1n) is 4.52. The van der Waals surface area contributed by atoms with Gasteiger partial charge in [0.05, 0.1) is 7.11 Å². The van der Waals surface area contributed by atoms with Gasteiger partial charge in [-0.25, -0.2) is 4.79 Å². The van der Waals surface area contributed by atoms with E-state index < -0.39 is 16.1 Å². The van der Waals surface area contributed by atoms with Gasteiger partial charge in [-0.15, -0.1) is 11.3 Å². The summed E-state index contributed by atoms with van der Waals surface area (Å²) in [6.07, 6.45) is 0. The summed E-state index contributed by atoms with van der Waals surface area (Å²) in [6, 6.07) is 6.54. The molecule has 0 spiro atoms. The molecule has 0 saturated carbocycles. The average Bonchev–Trinajstić information content (AvgIpc) is 2.66. The molecule has 1 N–H and O–H groups in total. The van der Waals surface area contributed by atoms with Gasteiger partial charge in [0.1, 0.15) is 9.77 Å². The van der Waals surface area contributed by atoms with Crippen LogP contribution in [0.2, 0.25) is 0 Å². The van der Waals surface area contributed by atoms with Crippen LogP contribution in [0.15, 0.2) is 29.2 Å². The van der Waals surface area contributed by atoms with Crippen molar-refractivity contribution >= 4 is 37.5 Å². The molecule has 17 heavy (non-hydrogen) atoms. The number of methoxy groups -OCH3 is 1. The normalized spacial score (nSPS) is 11.6. The van der Waals surface area contributed by atoms with E-state index in [1.165, 1.54) is 6.07 Å². The van der Waals surface area contributed by atoms with E-state index in [1.54, 1.807) is 18.2 Å². The molecule has 90 valence electrons. The molecule has 0 aliphatic rings. The lowest BCUT2D eigenvalue weighted by Crippen LogP contribution is -2.06. The largest absolute Gasteiger partial charge is 0.465 e. The Bertz CT molecular complexity index is 684. The van der Waals surface area contributed by atoms with E-state index in [0.29, 0.717) is 10.1 Å². The Kier molecular flexibility index (Phi) is 2.90. The highest BCUT2D eigenvalue weighted by Crippen LogP contribution is 2.34. The van der Waals surface area contributed by atoms with E-state index in [-0.39, 0.29) is 9.77 Å². The second-order valence-corrected chi connectivity index (χ2v) is 5.63. The van der Waals surface area contributed by atoms with Gasteiger partial charge in [-0.1, -0.05) is 18.2 Å². The topological polar surface area (TPSA) is 80.7 Å².